The summed E-state index contributed by atoms with van der Waals surface area (Å²) in [6.45, 7) is 4.10. The number of rotatable bonds is 6. The second-order valence-electron chi connectivity index (χ2n) is 10.5. The highest BCUT2D eigenvalue weighted by molar-refractivity contribution is 5.98. The van der Waals surface area contributed by atoms with Gasteiger partial charge in [0.1, 0.15) is 11.9 Å². The van der Waals surface area contributed by atoms with Gasteiger partial charge in [0.05, 0.1) is 29.1 Å². The highest BCUT2D eigenvalue weighted by Crippen LogP contribution is 2.43. The van der Waals surface area contributed by atoms with Crippen LogP contribution in [0.4, 0.5) is 10.1 Å². The number of morpholine rings is 1. The number of fused-ring (bicyclic) bond motifs is 1. The number of ether oxygens (including phenoxy) is 1. The fourth-order valence-corrected chi connectivity index (χ4v) is 5.97. The minimum Gasteiger partial charge on any atom is -0.477 e. The fourth-order valence-electron chi connectivity index (χ4n) is 5.97. The van der Waals surface area contributed by atoms with Crippen LogP contribution in [-0.2, 0) is 4.74 Å². The van der Waals surface area contributed by atoms with Crippen LogP contribution in [0.5, 0.6) is 0 Å². The normalized spacial score (nSPS) is 21.8. The minimum absolute atomic E-state index is 0.00656. The van der Waals surface area contributed by atoms with Gasteiger partial charge in [-0.25, -0.2) is 18.9 Å². The van der Waals surface area contributed by atoms with Crippen molar-refractivity contribution < 1.29 is 19.0 Å². The summed E-state index contributed by atoms with van der Waals surface area (Å²) in [4.78, 5) is 25.6. The molecule has 200 valence electrons. The third-order valence-corrected chi connectivity index (χ3v) is 8.19. The Labute approximate surface area is 220 Å². The summed E-state index contributed by atoms with van der Waals surface area (Å²) in [5, 5.41) is 15.8. The molecule has 0 amide bonds. The molecule has 1 atom stereocenters. The molecule has 0 radical (unpaired) electrons. The van der Waals surface area contributed by atoms with E-state index in [0.29, 0.717) is 29.9 Å². The van der Waals surface area contributed by atoms with Gasteiger partial charge in [0.2, 0.25) is 0 Å². The van der Waals surface area contributed by atoms with Crippen LogP contribution in [-0.4, -0.2) is 88.9 Å². The van der Waals surface area contributed by atoms with Crippen molar-refractivity contribution in [2.24, 2.45) is 4.99 Å². The number of aromatic nitrogens is 3. The largest absolute Gasteiger partial charge is 0.477 e. The lowest BCUT2D eigenvalue weighted by Gasteiger charge is -2.42. The van der Waals surface area contributed by atoms with E-state index in [4.69, 9.17) is 9.84 Å². The Morgan fingerprint density at radius 1 is 1.16 bits per heavy atom. The van der Waals surface area contributed by atoms with Crippen molar-refractivity contribution in [3.63, 3.8) is 0 Å². The van der Waals surface area contributed by atoms with Gasteiger partial charge in [-0.3, -0.25) is 9.89 Å². The van der Waals surface area contributed by atoms with E-state index in [0.717, 1.165) is 75.1 Å². The van der Waals surface area contributed by atoms with Crippen molar-refractivity contribution in [2.75, 3.05) is 44.7 Å². The van der Waals surface area contributed by atoms with Crippen LogP contribution in [0.15, 0.2) is 35.3 Å². The van der Waals surface area contributed by atoms with Gasteiger partial charge in [-0.15, -0.1) is 0 Å². The number of anilines is 1. The third kappa shape index (κ3) is 4.67. The molecule has 4 heterocycles. The maximum absolute atomic E-state index is 13.7. The van der Waals surface area contributed by atoms with Crippen molar-refractivity contribution in [2.45, 2.75) is 50.2 Å². The van der Waals surface area contributed by atoms with Gasteiger partial charge in [0, 0.05) is 51.4 Å². The quantitative estimate of drug-likeness (QED) is 0.493. The number of hydrogen-bond acceptors (Lipinski definition) is 7. The summed E-state index contributed by atoms with van der Waals surface area (Å²) in [6, 6.07) is 8.26. The second-order valence-corrected chi connectivity index (χ2v) is 10.5. The number of piperidine rings is 1. The second kappa shape index (κ2) is 10.4. The summed E-state index contributed by atoms with van der Waals surface area (Å²) in [5.74, 6) is -1.09. The first-order valence-electron chi connectivity index (χ1n) is 13.5. The van der Waals surface area contributed by atoms with Crippen molar-refractivity contribution in [3.05, 3.63) is 47.5 Å². The SMILES string of the molecule is C/N=C\C1CN(C2CCN(c3cc(C(=O)O)nc4c3c(C3CCC3)nn4-c3ccc(F)cc3)CC2)CCO1. The van der Waals surface area contributed by atoms with Crippen molar-refractivity contribution >= 4 is 28.9 Å². The maximum atomic E-state index is 13.7. The third-order valence-electron chi connectivity index (χ3n) is 8.19. The highest BCUT2D eigenvalue weighted by atomic mass is 19.1. The number of aliphatic imine (C=N–C) groups is 1. The van der Waals surface area contributed by atoms with E-state index in [-0.39, 0.29) is 17.6 Å². The summed E-state index contributed by atoms with van der Waals surface area (Å²) >= 11 is 0. The van der Waals surface area contributed by atoms with Crippen LogP contribution in [0.2, 0.25) is 0 Å². The molecule has 1 saturated carbocycles. The number of carboxylic acids is 1. The molecule has 1 aromatic carbocycles. The molecule has 38 heavy (non-hydrogen) atoms. The number of carboxylic acid groups (broad SMARTS) is 1. The molecule has 0 bridgehead atoms. The van der Waals surface area contributed by atoms with E-state index in [1.54, 1.807) is 29.9 Å². The van der Waals surface area contributed by atoms with E-state index in [1.807, 2.05) is 6.21 Å². The zero-order valence-corrected chi connectivity index (χ0v) is 21.6. The van der Waals surface area contributed by atoms with Gasteiger partial charge in [0.15, 0.2) is 11.3 Å². The molecule has 6 rings (SSSR count). The molecular weight excluding hydrogens is 487 g/mol. The van der Waals surface area contributed by atoms with Gasteiger partial charge in [-0.2, -0.15) is 5.10 Å². The van der Waals surface area contributed by atoms with Gasteiger partial charge >= 0.3 is 5.97 Å². The number of halogens is 1. The Hall–Kier alpha value is -3.37. The minimum atomic E-state index is -1.07. The molecule has 3 fully saturated rings. The van der Waals surface area contributed by atoms with Crippen LogP contribution in [0.25, 0.3) is 16.7 Å². The van der Waals surface area contributed by atoms with Crippen LogP contribution in [0.3, 0.4) is 0 Å². The predicted molar refractivity (Wildman–Crippen MR) is 143 cm³/mol. The smallest absolute Gasteiger partial charge is 0.354 e. The number of pyridine rings is 1. The molecule has 9 nitrogen and oxygen atoms in total. The fraction of sp³-hybridized carbons (Fsp3) is 0.500. The Balaban J connectivity index is 1.36. The van der Waals surface area contributed by atoms with Crippen molar-refractivity contribution in [3.8, 4) is 5.69 Å². The zero-order valence-electron chi connectivity index (χ0n) is 21.6. The molecule has 1 unspecified atom stereocenters. The highest BCUT2D eigenvalue weighted by Gasteiger charge is 2.33. The maximum Gasteiger partial charge on any atom is 0.354 e. The lowest BCUT2D eigenvalue weighted by atomic mass is 9.82. The molecule has 2 aliphatic heterocycles. The molecule has 1 N–H and O–H groups in total. The van der Waals surface area contributed by atoms with Crippen LogP contribution in [0, 0.1) is 5.82 Å². The Morgan fingerprint density at radius 2 is 1.92 bits per heavy atom. The first kappa shape index (κ1) is 24.9. The lowest BCUT2D eigenvalue weighted by molar-refractivity contribution is -0.0135. The topological polar surface area (TPSA) is 96.1 Å². The number of hydrogen-bond donors (Lipinski definition) is 1. The van der Waals surface area contributed by atoms with E-state index < -0.39 is 5.97 Å². The number of nitrogens with zero attached hydrogens (tertiary/aromatic N) is 6. The van der Waals surface area contributed by atoms with Crippen LogP contribution >= 0.6 is 0 Å². The Morgan fingerprint density at radius 3 is 2.58 bits per heavy atom. The molecule has 0 spiro atoms. The van der Waals surface area contributed by atoms with E-state index in [1.165, 1.54) is 12.1 Å². The summed E-state index contributed by atoms with van der Waals surface area (Å²) < 4.78 is 21.2. The summed E-state index contributed by atoms with van der Waals surface area (Å²) in [5.41, 5.74) is 3.03. The summed E-state index contributed by atoms with van der Waals surface area (Å²) in [7, 11) is 1.78. The average molecular weight is 521 g/mol. The van der Waals surface area contributed by atoms with E-state index in [9.17, 15) is 14.3 Å². The lowest BCUT2D eigenvalue weighted by Crippen LogP contribution is -2.52. The molecular formula is C28H33FN6O3. The van der Waals surface area contributed by atoms with Crippen LogP contribution < -0.4 is 4.90 Å². The Kier molecular flexibility index (Phi) is 6.84. The molecule has 3 aromatic rings. The van der Waals surface area contributed by atoms with Gasteiger partial charge in [-0.05, 0) is 56.0 Å². The van der Waals surface area contributed by atoms with Gasteiger partial charge < -0.3 is 14.7 Å². The van der Waals surface area contributed by atoms with Crippen molar-refractivity contribution in [1.29, 1.82) is 0 Å². The molecule has 3 aliphatic rings. The number of aromatic carboxylic acids is 1. The monoisotopic (exact) mass is 520 g/mol. The van der Waals surface area contributed by atoms with Gasteiger partial charge in [0.25, 0.3) is 0 Å². The van der Waals surface area contributed by atoms with Gasteiger partial charge in [-0.1, -0.05) is 6.42 Å². The molecule has 10 heteroatoms. The zero-order chi connectivity index (χ0) is 26.2. The first-order chi connectivity index (χ1) is 18.5. The van der Waals surface area contributed by atoms with Crippen LogP contribution in [0.1, 0.15) is 54.2 Å². The Bertz CT molecular complexity index is 1340. The van der Waals surface area contributed by atoms with E-state index >= 15 is 0 Å². The molecule has 2 aromatic heterocycles. The van der Waals surface area contributed by atoms with E-state index in [2.05, 4.69) is 19.8 Å². The predicted octanol–water partition coefficient (Wildman–Crippen LogP) is 3.90. The van der Waals surface area contributed by atoms with Crippen molar-refractivity contribution in [1.82, 2.24) is 19.7 Å². The standard InChI is InChI=1S/C28H33FN6O3/c1-30-16-22-17-34(13-14-38-22)20-9-11-33(12-10-20)24-15-23(28(36)37)31-27-25(24)26(18-3-2-4-18)32-35(27)21-7-5-19(29)6-8-21/h5-8,15-16,18,20,22H,2-4,9-14,17H2,1H3,(H,36,37)/b30-16-. The molecule has 2 saturated heterocycles. The number of benzene rings is 1. The number of carbonyl (C=O) groups is 1. The molecule has 1 aliphatic carbocycles. The first-order valence-corrected chi connectivity index (χ1v) is 13.5. The summed E-state index contributed by atoms with van der Waals surface area (Å²) in [6.07, 6.45) is 7.13. The average Bonchev–Trinajstić information content (AvgIpc) is 3.27.